The Morgan fingerprint density at radius 1 is 1.37 bits per heavy atom. The third-order valence-electron chi connectivity index (χ3n) is 2.99. The number of rotatable bonds is 7. The molecule has 101 valence electrons. The van der Waals surface area contributed by atoms with Crippen LogP contribution in [-0.2, 0) is 9.53 Å². The van der Waals surface area contributed by atoms with Crippen LogP contribution in [0.2, 0.25) is 0 Å². The quantitative estimate of drug-likeness (QED) is 0.591. The lowest BCUT2D eigenvalue weighted by Gasteiger charge is -2.07. The molecule has 0 spiro atoms. The van der Waals surface area contributed by atoms with Crippen molar-refractivity contribution in [1.82, 2.24) is 0 Å². The van der Waals surface area contributed by atoms with Gasteiger partial charge in [0.25, 0.3) is 0 Å². The monoisotopic (exact) mass is 263 g/mol. The van der Waals surface area contributed by atoms with Gasteiger partial charge in [0.15, 0.2) is 0 Å². The van der Waals surface area contributed by atoms with Gasteiger partial charge in [-0.05, 0) is 37.6 Å². The van der Waals surface area contributed by atoms with E-state index < -0.39 is 0 Å². The number of benzene rings is 1. The standard InChI is InChI=1S/C13H16BO5/c1-2-17-13(15)12-7-9(12)8-18-10-3-5-11(6-4-10)19-14-16/h3-6,9,12,16H,2,7-8H2,1H3/t9-,12+/m1/s1. The van der Waals surface area contributed by atoms with Crippen LogP contribution >= 0.6 is 0 Å². The van der Waals surface area contributed by atoms with Crippen molar-refractivity contribution in [2.45, 2.75) is 13.3 Å². The molecular formula is C13H16BO5. The van der Waals surface area contributed by atoms with Crippen LogP contribution in [0.3, 0.4) is 0 Å². The molecule has 1 saturated carbocycles. The Morgan fingerprint density at radius 3 is 2.68 bits per heavy atom. The maximum absolute atomic E-state index is 11.4. The first-order valence-corrected chi connectivity index (χ1v) is 6.26. The summed E-state index contributed by atoms with van der Waals surface area (Å²) in [6.45, 7) is 2.74. The number of hydrogen-bond donors (Lipinski definition) is 1. The Morgan fingerprint density at radius 2 is 2.05 bits per heavy atom. The second-order valence-corrected chi connectivity index (χ2v) is 4.36. The van der Waals surface area contributed by atoms with E-state index in [4.69, 9.17) is 19.2 Å². The minimum atomic E-state index is -0.127. The molecule has 0 aliphatic heterocycles. The topological polar surface area (TPSA) is 65.0 Å². The third-order valence-corrected chi connectivity index (χ3v) is 2.99. The Hall–Kier alpha value is -1.69. The molecule has 1 radical (unpaired) electrons. The normalized spacial score (nSPS) is 20.5. The average Bonchev–Trinajstić information content (AvgIpc) is 3.18. The van der Waals surface area contributed by atoms with Crippen LogP contribution in [0.15, 0.2) is 24.3 Å². The van der Waals surface area contributed by atoms with Gasteiger partial charge in [-0.15, -0.1) is 0 Å². The zero-order valence-corrected chi connectivity index (χ0v) is 10.7. The number of esters is 1. The zero-order chi connectivity index (χ0) is 13.7. The van der Waals surface area contributed by atoms with Crippen molar-refractivity contribution in [3.8, 4) is 11.5 Å². The summed E-state index contributed by atoms with van der Waals surface area (Å²) in [4.78, 5) is 11.4. The number of carbonyl (C=O) groups is 1. The van der Waals surface area contributed by atoms with Gasteiger partial charge in [-0.2, -0.15) is 0 Å². The Labute approximate surface area is 112 Å². The number of hydrogen-bond acceptors (Lipinski definition) is 5. The molecule has 2 atom stereocenters. The highest BCUT2D eigenvalue weighted by Crippen LogP contribution is 2.39. The molecule has 6 heteroatoms. The predicted octanol–water partition coefficient (Wildman–Crippen LogP) is 1.17. The Balaban J connectivity index is 1.73. The SMILES string of the molecule is CCOC(=O)[C@H]1C[C@@H]1COc1ccc(O[B]O)cc1. The lowest BCUT2D eigenvalue weighted by molar-refractivity contribution is -0.145. The minimum absolute atomic E-state index is 0.00783. The van der Waals surface area contributed by atoms with Crippen molar-refractivity contribution in [3.05, 3.63) is 24.3 Å². The molecule has 1 aliphatic carbocycles. The van der Waals surface area contributed by atoms with Crippen LogP contribution < -0.4 is 9.39 Å². The molecular weight excluding hydrogens is 247 g/mol. The van der Waals surface area contributed by atoms with Crippen LogP contribution in [-0.4, -0.2) is 31.9 Å². The summed E-state index contributed by atoms with van der Waals surface area (Å²) in [6, 6.07) is 6.89. The zero-order valence-electron chi connectivity index (χ0n) is 10.7. The highest BCUT2D eigenvalue weighted by Gasteiger charge is 2.44. The number of carbonyl (C=O) groups excluding carboxylic acids is 1. The third kappa shape index (κ3) is 3.89. The fraction of sp³-hybridized carbons (Fsp3) is 0.462. The van der Waals surface area contributed by atoms with E-state index in [-0.39, 0.29) is 17.8 Å². The van der Waals surface area contributed by atoms with E-state index in [0.717, 1.165) is 6.42 Å². The molecule has 0 unspecified atom stereocenters. The van der Waals surface area contributed by atoms with E-state index in [1.165, 1.54) is 0 Å². The summed E-state index contributed by atoms with van der Waals surface area (Å²) in [5.41, 5.74) is 0. The number of ether oxygens (including phenoxy) is 2. The summed E-state index contributed by atoms with van der Waals surface area (Å²) < 4.78 is 15.3. The summed E-state index contributed by atoms with van der Waals surface area (Å²) in [5, 5.41) is 8.48. The van der Waals surface area contributed by atoms with Crippen molar-refractivity contribution in [3.63, 3.8) is 0 Å². The predicted molar refractivity (Wildman–Crippen MR) is 68.8 cm³/mol. The molecule has 1 aromatic rings. The minimum Gasteiger partial charge on any atom is -0.537 e. The van der Waals surface area contributed by atoms with Crippen molar-refractivity contribution < 1.29 is 23.9 Å². The van der Waals surface area contributed by atoms with Crippen LogP contribution in [0.1, 0.15) is 13.3 Å². The van der Waals surface area contributed by atoms with E-state index in [1.807, 2.05) is 0 Å². The molecule has 1 N–H and O–H groups in total. The molecule has 1 aliphatic rings. The molecule has 0 amide bonds. The second kappa shape index (κ2) is 6.47. The van der Waals surface area contributed by atoms with Gasteiger partial charge in [0.1, 0.15) is 11.5 Å². The fourth-order valence-corrected chi connectivity index (χ4v) is 1.85. The molecule has 1 aromatic carbocycles. The molecule has 0 aromatic heterocycles. The van der Waals surface area contributed by atoms with Crippen LogP contribution in [0.25, 0.3) is 0 Å². The average molecular weight is 263 g/mol. The molecule has 0 heterocycles. The lowest BCUT2D eigenvalue weighted by atomic mass is 10.3. The van der Waals surface area contributed by atoms with Crippen LogP contribution in [0.4, 0.5) is 0 Å². The Kier molecular flexibility index (Phi) is 4.68. The largest absolute Gasteiger partial charge is 0.569 e. The maximum atomic E-state index is 11.4. The molecule has 5 nitrogen and oxygen atoms in total. The molecule has 2 rings (SSSR count). The van der Waals surface area contributed by atoms with Crippen molar-refractivity contribution >= 4 is 13.7 Å². The summed E-state index contributed by atoms with van der Waals surface area (Å²) in [7, 11) is 0.629. The summed E-state index contributed by atoms with van der Waals surface area (Å²) in [5.74, 6) is 1.36. The van der Waals surface area contributed by atoms with Gasteiger partial charge in [-0.1, -0.05) is 0 Å². The first-order valence-electron chi connectivity index (χ1n) is 6.26. The Bertz CT molecular complexity index is 420. The molecule has 1 fully saturated rings. The van der Waals surface area contributed by atoms with Crippen molar-refractivity contribution in [1.29, 1.82) is 0 Å². The molecule has 19 heavy (non-hydrogen) atoms. The maximum Gasteiger partial charge on any atom is 0.569 e. The van der Waals surface area contributed by atoms with Gasteiger partial charge < -0.3 is 19.2 Å². The van der Waals surface area contributed by atoms with Gasteiger partial charge in [-0.3, -0.25) is 4.79 Å². The molecule has 0 saturated heterocycles. The summed E-state index contributed by atoms with van der Waals surface area (Å²) in [6.07, 6.45) is 0.833. The van der Waals surface area contributed by atoms with Gasteiger partial charge >= 0.3 is 13.7 Å². The van der Waals surface area contributed by atoms with E-state index in [9.17, 15) is 4.79 Å². The van der Waals surface area contributed by atoms with E-state index >= 15 is 0 Å². The molecule has 0 bridgehead atoms. The second-order valence-electron chi connectivity index (χ2n) is 4.36. The van der Waals surface area contributed by atoms with E-state index in [0.29, 0.717) is 32.4 Å². The lowest BCUT2D eigenvalue weighted by Crippen LogP contribution is -2.10. The highest BCUT2D eigenvalue weighted by atomic mass is 16.5. The smallest absolute Gasteiger partial charge is 0.537 e. The van der Waals surface area contributed by atoms with Crippen molar-refractivity contribution in [2.75, 3.05) is 13.2 Å². The summed E-state index contributed by atoms with van der Waals surface area (Å²) >= 11 is 0. The first-order chi connectivity index (χ1) is 9.24. The first kappa shape index (κ1) is 13.7. The van der Waals surface area contributed by atoms with Gasteiger partial charge in [0.2, 0.25) is 0 Å². The van der Waals surface area contributed by atoms with Crippen LogP contribution in [0.5, 0.6) is 11.5 Å². The fourth-order valence-electron chi connectivity index (χ4n) is 1.85. The van der Waals surface area contributed by atoms with Crippen molar-refractivity contribution in [2.24, 2.45) is 11.8 Å². The highest BCUT2D eigenvalue weighted by molar-refractivity contribution is 6.17. The van der Waals surface area contributed by atoms with Gasteiger partial charge in [-0.25, -0.2) is 0 Å². The van der Waals surface area contributed by atoms with Gasteiger partial charge in [0, 0.05) is 5.92 Å². The van der Waals surface area contributed by atoms with E-state index in [2.05, 4.69) is 0 Å². The van der Waals surface area contributed by atoms with E-state index in [1.54, 1.807) is 31.2 Å². The van der Waals surface area contributed by atoms with Crippen LogP contribution in [0, 0.1) is 11.8 Å². The van der Waals surface area contributed by atoms with Gasteiger partial charge in [0.05, 0.1) is 19.1 Å².